The molecule has 2 amide bonds. The molecule has 0 aromatic heterocycles. The highest BCUT2D eigenvalue weighted by molar-refractivity contribution is 5.98. The highest BCUT2D eigenvalue weighted by Crippen LogP contribution is 2.61. The molecule has 0 aliphatic heterocycles. The maximum atomic E-state index is 13.5. The summed E-state index contributed by atoms with van der Waals surface area (Å²) in [6.45, 7) is 0. The van der Waals surface area contributed by atoms with Gasteiger partial charge in [-0.25, -0.2) is 5.43 Å². The lowest BCUT2D eigenvalue weighted by Crippen LogP contribution is -2.61. The minimum absolute atomic E-state index is 0.0444. The second-order valence-electron chi connectivity index (χ2n) is 10.6. The Labute approximate surface area is 212 Å². The lowest BCUT2D eigenvalue weighted by Gasteiger charge is -2.58. The second kappa shape index (κ2) is 9.72. The van der Waals surface area contributed by atoms with Crippen LogP contribution in [0.15, 0.2) is 53.6 Å². The minimum atomic E-state index is -0.808. The molecular weight excluding hydrogens is 478 g/mol. The first kappa shape index (κ1) is 24.5. The van der Waals surface area contributed by atoms with Crippen LogP contribution in [0.25, 0.3) is 0 Å². The quantitative estimate of drug-likeness (QED) is 0.314. The molecule has 4 aliphatic rings. The molecular formula is C26H27N5O6. The fourth-order valence-corrected chi connectivity index (χ4v) is 6.89. The van der Waals surface area contributed by atoms with Crippen molar-refractivity contribution in [2.24, 2.45) is 28.3 Å². The molecule has 1 unspecified atom stereocenters. The number of nitro benzene ring substituents is 2. The number of carbonyl (C=O) groups is 2. The number of rotatable bonds is 8. The molecule has 2 aromatic carbocycles. The Morgan fingerprint density at radius 2 is 1.35 bits per heavy atom. The van der Waals surface area contributed by atoms with Crippen molar-refractivity contribution in [1.82, 2.24) is 10.7 Å². The van der Waals surface area contributed by atoms with Crippen molar-refractivity contribution in [3.05, 3.63) is 79.9 Å². The van der Waals surface area contributed by atoms with Crippen LogP contribution < -0.4 is 10.7 Å². The third kappa shape index (κ3) is 5.07. The number of hydrazone groups is 1. The smallest absolute Gasteiger partial charge is 0.269 e. The number of non-ortho nitro benzene ring substituents is 2. The molecule has 1 atom stereocenters. The lowest BCUT2D eigenvalue weighted by atomic mass is 9.47. The van der Waals surface area contributed by atoms with E-state index in [1.54, 1.807) is 0 Å². The summed E-state index contributed by atoms with van der Waals surface area (Å²) in [4.78, 5) is 47.4. The van der Waals surface area contributed by atoms with Gasteiger partial charge in [0.05, 0.1) is 16.1 Å². The molecule has 4 aliphatic carbocycles. The van der Waals surface area contributed by atoms with Crippen LogP contribution in [0.5, 0.6) is 0 Å². The van der Waals surface area contributed by atoms with Crippen LogP contribution in [-0.4, -0.2) is 33.9 Å². The molecule has 11 heteroatoms. The van der Waals surface area contributed by atoms with Crippen molar-refractivity contribution in [3.63, 3.8) is 0 Å². The van der Waals surface area contributed by atoms with Gasteiger partial charge in [0, 0.05) is 35.2 Å². The van der Waals surface area contributed by atoms with Crippen LogP contribution in [0.4, 0.5) is 11.4 Å². The molecule has 192 valence electrons. The van der Waals surface area contributed by atoms with E-state index in [9.17, 15) is 29.8 Å². The van der Waals surface area contributed by atoms with Crippen LogP contribution in [0.3, 0.4) is 0 Å². The molecule has 0 saturated heterocycles. The van der Waals surface area contributed by atoms with E-state index in [0.29, 0.717) is 23.3 Å². The van der Waals surface area contributed by atoms with Gasteiger partial charge in [-0.3, -0.25) is 29.8 Å². The Morgan fingerprint density at radius 1 is 0.865 bits per heavy atom. The zero-order valence-electron chi connectivity index (χ0n) is 20.0. The van der Waals surface area contributed by atoms with E-state index >= 15 is 0 Å². The minimum Gasteiger partial charge on any atom is -0.340 e. The standard InChI is InChI=1S/C26H27N5O6/c32-24(20-3-7-22(8-4-20)31(36)37)28-23(26-12-17-9-18(13-26)11-19(10-17)14-26)25(33)29-27-15-16-1-5-21(6-2-16)30(34)35/h1-8,15,17-19,23H,9-14H2,(H,28,32)(H,29,33). The van der Waals surface area contributed by atoms with Crippen molar-refractivity contribution in [2.45, 2.75) is 44.6 Å². The fraction of sp³-hybridized carbons (Fsp3) is 0.423. The first-order valence-corrected chi connectivity index (χ1v) is 12.3. The SMILES string of the molecule is O=C(NC(C(=O)NN=Cc1ccc([N+](=O)[O-])cc1)C12CC3CC(CC(C3)C1)C2)c1ccc([N+](=O)[O-])cc1. The van der Waals surface area contributed by atoms with Gasteiger partial charge in [0.2, 0.25) is 0 Å². The highest BCUT2D eigenvalue weighted by Gasteiger charge is 2.56. The normalized spacial score (nSPS) is 26.5. The molecule has 2 aromatic rings. The van der Waals surface area contributed by atoms with E-state index in [1.165, 1.54) is 74.0 Å². The van der Waals surface area contributed by atoms with Gasteiger partial charge in [-0.15, -0.1) is 0 Å². The van der Waals surface area contributed by atoms with Crippen LogP contribution in [0, 0.1) is 43.4 Å². The highest BCUT2D eigenvalue weighted by atomic mass is 16.6. The molecule has 4 bridgehead atoms. The van der Waals surface area contributed by atoms with Gasteiger partial charge in [-0.05, 0) is 86.1 Å². The van der Waals surface area contributed by atoms with Crippen molar-refractivity contribution in [1.29, 1.82) is 0 Å². The number of nitro groups is 2. The number of hydrogen-bond donors (Lipinski definition) is 2. The second-order valence-corrected chi connectivity index (χ2v) is 10.6. The molecule has 6 rings (SSSR count). The summed E-state index contributed by atoms with van der Waals surface area (Å²) in [5, 5.41) is 28.8. The summed E-state index contributed by atoms with van der Waals surface area (Å²) in [6, 6.07) is 10.3. The number of hydrogen-bond acceptors (Lipinski definition) is 7. The van der Waals surface area contributed by atoms with Crippen LogP contribution in [0.2, 0.25) is 0 Å². The van der Waals surface area contributed by atoms with E-state index in [1.807, 2.05) is 0 Å². The number of nitrogens with one attached hydrogen (secondary N) is 2. The van der Waals surface area contributed by atoms with Gasteiger partial charge in [0.15, 0.2) is 0 Å². The molecule has 11 nitrogen and oxygen atoms in total. The average molecular weight is 506 g/mol. The predicted molar refractivity (Wildman–Crippen MR) is 134 cm³/mol. The first-order chi connectivity index (χ1) is 17.7. The molecule has 2 N–H and O–H groups in total. The predicted octanol–water partition coefficient (Wildman–Crippen LogP) is 3.97. The van der Waals surface area contributed by atoms with Crippen LogP contribution >= 0.6 is 0 Å². The van der Waals surface area contributed by atoms with Crippen molar-refractivity contribution < 1.29 is 19.4 Å². The summed E-state index contributed by atoms with van der Waals surface area (Å²) in [5.74, 6) is 0.741. The van der Waals surface area contributed by atoms with Crippen molar-refractivity contribution >= 4 is 29.4 Å². The van der Waals surface area contributed by atoms with E-state index in [-0.39, 0.29) is 22.4 Å². The van der Waals surface area contributed by atoms with Gasteiger partial charge in [0.25, 0.3) is 23.2 Å². The summed E-state index contributed by atoms with van der Waals surface area (Å²) in [7, 11) is 0. The average Bonchev–Trinajstić information content (AvgIpc) is 2.86. The molecule has 37 heavy (non-hydrogen) atoms. The Bertz CT molecular complexity index is 1220. The Morgan fingerprint density at radius 3 is 1.84 bits per heavy atom. The maximum Gasteiger partial charge on any atom is 0.269 e. The largest absolute Gasteiger partial charge is 0.340 e. The van der Waals surface area contributed by atoms with Crippen LogP contribution in [0.1, 0.15) is 54.4 Å². The van der Waals surface area contributed by atoms with Gasteiger partial charge >= 0.3 is 0 Å². The molecule has 4 saturated carbocycles. The van der Waals surface area contributed by atoms with E-state index in [0.717, 1.165) is 19.3 Å². The summed E-state index contributed by atoms with van der Waals surface area (Å²) < 4.78 is 0. The molecule has 0 spiro atoms. The third-order valence-electron chi connectivity index (χ3n) is 8.07. The number of benzene rings is 2. The maximum absolute atomic E-state index is 13.5. The molecule has 0 heterocycles. The van der Waals surface area contributed by atoms with E-state index in [4.69, 9.17) is 0 Å². The van der Waals surface area contributed by atoms with Gasteiger partial charge in [-0.1, -0.05) is 0 Å². The summed E-state index contributed by atoms with van der Waals surface area (Å²) in [5.41, 5.74) is 2.86. The Hall–Kier alpha value is -4.15. The number of amides is 2. The van der Waals surface area contributed by atoms with Gasteiger partial charge in [-0.2, -0.15) is 5.10 Å². The Kier molecular flexibility index (Phi) is 6.45. The number of nitrogens with zero attached hydrogens (tertiary/aromatic N) is 3. The summed E-state index contributed by atoms with van der Waals surface area (Å²) in [6.07, 6.45) is 7.50. The third-order valence-corrected chi connectivity index (χ3v) is 8.07. The topological polar surface area (TPSA) is 157 Å². The zero-order valence-corrected chi connectivity index (χ0v) is 20.0. The van der Waals surface area contributed by atoms with Crippen molar-refractivity contribution in [3.8, 4) is 0 Å². The fourth-order valence-electron chi connectivity index (χ4n) is 6.89. The van der Waals surface area contributed by atoms with Crippen LogP contribution in [-0.2, 0) is 4.79 Å². The van der Waals surface area contributed by atoms with Crippen molar-refractivity contribution in [2.75, 3.05) is 0 Å². The number of carbonyl (C=O) groups excluding carboxylic acids is 2. The van der Waals surface area contributed by atoms with E-state index in [2.05, 4.69) is 15.8 Å². The first-order valence-electron chi connectivity index (χ1n) is 12.3. The summed E-state index contributed by atoms with van der Waals surface area (Å²) >= 11 is 0. The monoisotopic (exact) mass is 505 g/mol. The zero-order chi connectivity index (χ0) is 26.2. The Balaban J connectivity index is 1.35. The van der Waals surface area contributed by atoms with E-state index < -0.39 is 27.7 Å². The molecule has 0 radical (unpaired) electrons. The molecule has 4 fully saturated rings. The lowest BCUT2D eigenvalue weighted by molar-refractivity contribution is -0.385. The van der Waals surface area contributed by atoms with Gasteiger partial charge in [0.1, 0.15) is 6.04 Å². The van der Waals surface area contributed by atoms with Gasteiger partial charge < -0.3 is 5.32 Å².